The predicted molar refractivity (Wildman–Crippen MR) is 85.6 cm³/mol. The van der Waals surface area contributed by atoms with Crippen molar-refractivity contribution in [1.29, 1.82) is 0 Å². The Labute approximate surface area is 134 Å². The van der Waals surface area contributed by atoms with Crippen molar-refractivity contribution in [3.63, 3.8) is 0 Å². The minimum Gasteiger partial charge on any atom is -0.342 e. The molecule has 4 heterocycles. The molecule has 1 saturated heterocycles. The second-order valence-electron chi connectivity index (χ2n) is 5.78. The summed E-state index contributed by atoms with van der Waals surface area (Å²) in [6.45, 7) is 1.47. The van der Waals surface area contributed by atoms with Gasteiger partial charge in [0.2, 0.25) is 11.9 Å². The first-order chi connectivity index (χ1) is 11.3. The van der Waals surface area contributed by atoms with Gasteiger partial charge in [0, 0.05) is 37.9 Å². The number of pyridine rings is 2. The highest BCUT2D eigenvalue weighted by Gasteiger charge is 2.45. The molecule has 23 heavy (non-hydrogen) atoms. The van der Waals surface area contributed by atoms with Crippen LogP contribution in [0.3, 0.4) is 0 Å². The third-order valence-electron chi connectivity index (χ3n) is 4.45. The topological polar surface area (TPSA) is 70.5 Å². The molecular weight excluding hydrogens is 290 g/mol. The molecule has 2 aliphatic heterocycles. The van der Waals surface area contributed by atoms with Crippen LogP contribution in [0.2, 0.25) is 0 Å². The SMILES string of the molecule is O=C1CC(c2ccncc2)(c2ccncc2)NC2=NCCCN12. The first kappa shape index (κ1) is 13.9. The first-order valence-corrected chi connectivity index (χ1v) is 7.74. The van der Waals surface area contributed by atoms with Gasteiger partial charge in [0.15, 0.2) is 0 Å². The van der Waals surface area contributed by atoms with Crippen LogP contribution in [0, 0.1) is 0 Å². The quantitative estimate of drug-likeness (QED) is 0.908. The lowest BCUT2D eigenvalue weighted by atomic mass is 9.79. The molecule has 0 atom stereocenters. The number of guanidine groups is 1. The Morgan fingerprint density at radius 2 is 1.61 bits per heavy atom. The average molecular weight is 307 g/mol. The fraction of sp³-hybridized carbons (Fsp3) is 0.294. The predicted octanol–water partition coefficient (Wildman–Crippen LogP) is 1.30. The van der Waals surface area contributed by atoms with E-state index in [2.05, 4.69) is 20.3 Å². The monoisotopic (exact) mass is 307 g/mol. The zero-order valence-electron chi connectivity index (χ0n) is 12.6. The lowest BCUT2D eigenvalue weighted by Crippen LogP contribution is -2.62. The minimum atomic E-state index is -0.629. The molecule has 0 aromatic carbocycles. The van der Waals surface area contributed by atoms with Gasteiger partial charge in [-0.25, -0.2) is 0 Å². The molecule has 0 radical (unpaired) electrons. The fourth-order valence-electron chi connectivity index (χ4n) is 3.30. The summed E-state index contributed by atoms with van der Waals surface area (Å²) in [5.41, 5.74) is 1.37. The summed E-state index contributed by atoms with van der Waals surface area (Å²) in [5, 5.41) is 3.53. The normalized spacial score (nSPS) is 19.6. The highest BCUT2D eigenvalue weighted by Crippen LogP contribution is 2.36. The summed E-state index contributed by atoms with van der Waals surface area (Å²) in [7, 11) is 0. The summed E-state index contributed by atoms with van der Waals surface area (Å²) in [5.74, 6) is 0.761. The molecule has 2 aliphatic rings. The average Bonchev–Trinajstić information content (AvgIpc) is 2.63. The van der Waals surface area contributed by atoms with E-state index >= 15 is 0 Å². The van der Waals surface area contributed by atoms with E-state index in [-0.39, 0.29) is 5.91 Å². The molecule has 4 rings (SSSR count). The number of rotatable bonds is 2. The van der Waals surface area contributed by atoms with Crippen molar-refractivity contribution < 1.29 is 4.79 Å². The van der Waals surface area contributed by atoms with Gasteiger partial charge in [0.25, 0.3) is 0 Å². The molecule has 2 aromatic heterocycles. The maximum absolute atomic E-state index is 12.8. The van der Waals surface area contributed by atoms with E-state index < -0.39 is 5.54 Å². The standard InChI is InChI=1S/C17H17N5O/c23-15-12-17(13-2-7-18-8-3-13,14-4-9-19-10-5-14)21-16-20-6-1-11-22(15)16/h2-5,7-10H,1,6,11-12H2,(H,20,21). The second-order valence-corrected chi connectivity index (χ2v) is 5.78. The number of aliphatic imine (C=N–C) groups is 1. The summed E-state index contributed by atoms with van der Waals surface area (Å²) in [6, 6.07) is 7.78. The van der Waals surface area contributed by atoms with Crippen molar-refractivity contribution in [1.82, 2.24) is 20.2 Å². The number of carbonyl (C=O) groups is 1. The molecule has 116 valence electrons. The Kier molecular flexibility index (Phi) is 3.29. The Morgan fingerprint density at radius 3 is 2.22 bits per heavy atom. The van der Waals surface area contributed by atoms with Crippen LogP contribution < -0.4 is 5.32 Å². The van der Waals surface area contributed by atoms with Gasteiger partial charge in [-0.3, -0.25) is 24.7 Å². The number of nitrogens with one attached hydrogen (secondary N) is 1. The summed E-state index contributed by atoms with van der Waals surface area (Å²) in [6.07, 6.45) is 8.26. The van der Waals surface area contributed by atoms with E-state index in [1.807, 2.05) is 24.3 Å². The zero-order chi connectivity index (χ0) is 15.7. The molecule has 6 nitrogen and oxygen atoms in total. The second kappa shape index (κ2) is 5.46. The van der Waals surface area contributed by atoms with Crippen molar-refractivity contribution >= 4 is 11.9 Å². The van der Waals surface area contributed by atoms with Crippen LogP contribution in [-0.2, 0) is 10.3 Å². The Bertz CT molecular complexity index is 705. The van der Waals surface area contributed by atoms with Crippen LogP contribution in [0.4, 0.5) is 0 Å². The molecule has 0 saturated carbocycles. The van der Waals surface area contributed by atoms with Gasteiger partial charge in [-0.05, 0) is 41.8 Å². The van der Waals surface area contributed by atoms with Gasteiger partial charge in [-0.15, -0.1) is 0 Å². The van der Waals surface area contributed by atoms with Crippen LogP contribution in [-0.4, -0.2) is 39.8 Å². The number of aromatic nitrogens is 2. The molecule has 0 aliphatic carbocycles. The van der Waals surface area contributed by atoms with Crippen molar-refractivity contribution in [3.8, 4) is 0 Å². The lowest BCUT2D eigenvalue weighted by molar-refractivity contribution is -0.130. The van der Waals surface area contributed by atoms with Crippen LogP contribution in [0.1, 0.15) is 24.0 Å². The molecule has 1 fully saturated rings. The van der Waals surface area contributed by atoms with Gasteiger partial charge in [0.1, 0.15) is 0 Å². The molecular formula is C17H17N5O. The molecule has 1 amide bonds. The van der Waals surface area contributed by atoms with E-state index in [4.69, 9.17) is 0 Å². The van der Waals surface area contributed by atoms with Crippen LogP contribution in [0.15, 0.2) is 54.0 Å². The van der Waals surface area contributed by atoms with Crippen molar-refractivity contribution in [2.75, 3.05) is 13.1 Å². The minimum absolute atomic E-state index is 0.0934. The first-order valence-electron chi connectivity index (χ1n) is 7.74. The van der Waals surface area contributed by atoms with E-state index in [1.54, 1.807) is 29.7 Å². The third kappa shape index (κ3) is 2.27. The van der Waals surface area contributed by atoms with Crippen LogP contribution in [0.5, 0.6) is 0 Å². The third-order valence-corrected chi connectivity index (χ3v) is 4.45. The molecule has 0 unspecified atom stereocenters. The largest absolute Gasteiger partial charge is 0.342 e. The number of carbonyl (C=O) groups excluding carboxylic acids is 1. The molecule has 6 heteroatoms. The molecule has 2 aromatic rings. The Balaban J connectivity index is 1.87. The highest BCUT2D eigenvalue weighted by atomic mass is 16.2. The van der Waals surface area contributed by atoms with Crippen LogP contribution in [0.25, 0.3) is 0 Å². The maximum atomic E-state index is 12.8. The van der Waals surface area contributed by atoms with Gasteiger partial charge in [-0.1, -0.05) is 0 Å². The number of nitrogens with zero attached hydrogens (tertiary/aromatic N) is 4. The summed E-state index contributed by atoms with van der Waals surface area (Å²) >= 11 is 0. The maximum Gasteiger partial charge on any atom is 0.232 e. The highest BCUT2D eigenvalue weighted by molar-refractivity contribution is 6.01. The number of fused-ring (bicyclic) bond motifs is 1. The van der Waals surface area contributed by atoms with Gasteiger partial charge >= 0.3 is 0 Å². The molecule has 1 N–H and O–H groups in total. The van der Waals surface area contributed by atoms with Gasteiger partial charge in [-0.2, -0.15) is 0 Å². The van der Waals surface area contributed by atoms with Crippen molar-refractivity contribution in [2.45, 2.75) is 18.4 Å². The summed E-state index contributed by atoms with van der Waals surface area (Å²) in [4.78, 5) is 27.2. The lowest BCUT2D eigenvalue weighted by Gasteiger charge is -2.45. The molecule has 0 spiro atoms. The van der Waals surface area contributed by atoms with E-state index in [1.165, 1.54) is 0 Å². The Morgan fingerprint density at radius 1 is 1.00 bits per heavy atom. The summed E-state index contributed by atoms with van der Waals surface area (Å²) < 4.78 is 0. The zero-order valence-corrected chi connectivity index (χ0v) is 12.6. The molecule has 0 bridgehead atoms. The Hall–Kier alpha value is -2.76. The van der Waals surface area contributed by atoms with Gasteiger partial charge < -0.3 is 5.32 Å². The van der Waals surface area contributed by atoms with Crippen molar-refractivity contribution in [3.05, 3.63) is 60.2 Å². The number of hydrogen-bond donors (Lipinski definition) is 1. The smallest absolute Gasteiger partial charge is 0.232 e. The fourth-order valence-corrected chi connectivity index (χ4v) is 3.30. The van der Waals surface area contributed by atoms with Crippen LogP contribution >= 0.6 is 0 Å². The van der Waals surface area contributed by atoms with Gasteiger partial charge in [0.05, 0.1) is 12.0 Å². The number of hydrogen-bond acceptors (Lipinski definition) is 5. The number of amides is 1. The van der Waals surface area contributed by atoms with E-state index in [0.717, 1.165) is 30.6 Å². The van der Waals surface area contributed by atoms with E-state index in [9.17, 15) is 4.79 Å². The van der Waals surface area contributed by atoms with E-state index in [0.29, 0.717) is 12.4 Å². The van der Waals surface area contributed by atoms with Crippen molar-refractivity contribution in [2.24, 2.45) is 4.99 Å².